The normalized spacial score (nSPS) is 17.1. The molecule has 1 saturated heterocycles. The van der Waals surface area contributed by atoms with Gasteiger partial charge in [0.05, 0.1) is 10.8 Å². The first-order valence-corrected chi connectivity index (χ1v) is 8.81. The molecule has 5 nitrogen and oxygen atoms in total. The van der Waals surface area contributed by atoms with E-state index in [4.69, 9.17) is 0 Å². The van der Waals surface area contributed by atoms with Gasteiger partial charge in [0.25, 0.3) is 0 Å². The van der Waals surface area contributed by atoms with E-state index in [-0.39, 0.29) is 23.8 Å². The summed E-state index contributed by atoms with van der Waals surface area (Å²) < 4.78 is 0. The molecule has 0 spiro atoms. The number of likely N-dealkylation sites (tertiary alicyclic amines) is 1. The van der Waals surface area contributed by atoms with Crippen LogP contribution in [0.4, 0.5) is 0 Å². The first kappa shape index (κ1) is 17.2. The van der Waals surface area contributed by atoms with Crippen LogP contribution in [0.15, 0.2) is 59.5 Å². The Balaban J connectivity index is 1.68. The van der Waals surface area contributed by atoms with Gasteiger partial charge in [-0.3, -0.25) is 14.5 Å². The van der Waals surface area contributed by atoms with Gasteiger partial charge in [0, 0.05) is 17.9 Å². The van der Waals surface area contributed by atoms with Crippen molar-refractivity contribution in [1.29, 1.82) is 0 Å². The number of thioether (sulfide) groups is 1. The number of carbonyl (C=O) groups is 3. The van der Waals surface area contributed by atoms with Gasteiger partial charge in [0.15, 0.2) is 0 Å². The second-order valence-electron chi connectivity index (χ2n) is 5.73. The van der Waals surface area contributed by atoms with E-state index in [0.29, 0.717) is 17.9 Å². The fraction of sp³-hybridized carbons (Fsp3) is 0.211. The molecule has 2 aromatic rings. The summed E-state index contributed by atoms with van der Waals surface area (Å²) in [5.74, 6) is -1.49. The minimum Gasteiger partial charge on any atom is -0.478 e. The van der Waals surface area contributed by atoms with Crippen molar-refractivity contribution in [3.63, 3.8) is 0 Å². The Morgan fingerprint density at radius 1 is 1.08 bits per heavy atom. The van der Waals surface area contributed by atoms with E-state index < -0.39 is 11.2 Å². The number of benzene rings is 2. The third-order valence-corrected chi connectivity index (χ3v) is 5.32. The summed E-state index contributed by atoms with van der Waals surface area (Å²) in [7, 11) is 0. The van der Waals surface area contributed by atoms with Crippen LogP contribution in [0.1, 0.15) is 22.3 Å². The maximum absolute atomic E-state index is 12.6. The number of aromatic carboxylic acids is 1. The Labute approximate surface area is 149 Å². The molecule has 0 aromatic heterocycles. The van der Waals surface area contributed by atoms with Crippen molar-refractivity contribution in [2.75, 3.05) is 6.54 Å². The predicted molar refractivity (Wildman–Crippen MR) is 94.5 cm³/mol. The minimum absolute atomic E-state index is 0.103. The zero-order valence-electron chi connectivity index (χ0n) is 13.4. The van der Waals surface area contributed by atoms with Crippen LogP contribution in [-0.2, 0) is 16.0 Å². The molecule has 25 heavy (non-hydrogen) atoms. The maximum Gasteiger partial charge on any atom is 0.336 e. The lowest BCUT2D eigenvalue weighted by molar-refractivity contribution is -0.138. The zero-order chi connectivity index (χ0) is 17.8. The summed E-state index contributed by atoms with van der Waals surface area (Å²) in [5.41, 5.74) is 1.21. The van der Waals surface area contributed by atoms with Crippen LogP contribution in [0.2, 0.25) is 0 Å². The van der Waals surface area contributed by atoms with E-state index in [1.807, 2.05) is 30.3 Å². The first-order valence-electron chi connectivity index (χ1n) is 7.93. The number of carboxylic acid groups (broad SMARTS) is 1. The quantitative estimate of drug-likeness (QED) is 0.807. The second kappa shape index (κ2) is 7.53. The van der Waals surface area contributed by atoms with Crippen molar-refractivity contribution in [1.82, 2.24) is 4.90 Å². The van der Waals surface area contributed by atoms with Crippen LogP contribution in [0.3, 0.4) is 0 Å². The Bertz CT molecular complexity index is 806. The van der Waals surface area contributed by atoms with Crippen molar-refractivity contribution in [2.24, 2.45) is 0 Å². The Kier molecular flexibility index (Phi) is 5.19. The Morgan fingerprint density at radius 3 is 2.48 bits per heavy atom. The third kappa shape index (κ3) is 3.91. The monoisotopic (exact) mass is 355 g/mol. The standard InChI is InChI=1S/C19H17NO4S/c21-17-12-16(25-15-9-5-4-8-14(15)19(23)24)18(22)20(17)11-10-13-6-2-1-3-7-13/h1-9,16H,10-12H2,(H,23,24)/t16-/m0/s1. The van der Waals surface area contributed by atoms with Gasteiger partial charge >= 0.3 is 5.97 Å². The van der Waals surface area contributed by atoms with E-state index >= 15 is 0 Å². The van der Waals surface area contributed by atoms with Gasteiger partial charge < -0.3 is 5.11 Å². The molecule has 1 N–H and O–H groups in total. The molecule has 2 amide bonds. The summed E-state index contributed by atoms with van der Waals surface area (Å²) in [6.07, 6.45) is 0.716. The fourth-order valence-corrected chi connectivity index (χ4v) is 3.96. The largest absolute Gasteiger partial charge is 0.478 e. The van der Waals surface area contributed by atoms with Gasteiger partial charge in [-0.05, 0) is 24.1 Å². The molecule has 0 aliphatic carbocycles. The number of rotatable bonds is 6. The molecule has 0 unspecified atom stereocenters. The van der Waals surface area contributed by atoms with Crippen molar-refractivity contribution in [2.45, 2.75) is 23.0 Å². The molecular formula is C19H17NO4S. The van der Waals surface area contributed by atoms with Gasteiger partial charge in [-0.25, -0.2) is 4.79 Å². The van der Waals surface area contributed by atoms with Crippen LogP contribution in [0.5, 0.6) is 0 Å². The molecule has 3 rings (SSSR count). The highest BCUT2D eigenvalue weighted by atomic mass is 32.2. The molecule has 2 aromatic carbocycles. The number of carboxylic acids is 1. The highest BCUT2D eigenvalue weighted by Gasteiger charge is 2.39. The van der Waals surface area contributed by atoms with Gasteiger partial charge in [0.1, 0.15) is 0 Å². The number of amides is 2. The molecule has 1 atom stereocenters. The third-order valence-electron chi connectivity index (χ3n) is 4.06. The molecule has 1 aliphatic rings. The summed E-state index contributed by atoms with van der Waals surface area (Å²) in [6.45, 7) is 0.347. The van der Waals surface area contributed by atoms with E-state index in [2.05, 4.69) is 0 Å². The minimum atomic E-state index is -1.04. The van der Waals surface area contributed by atoms with Gasteiger partial charge in [-0.1, -0.05) is 42.5 Å². The van der Waals surface area contributed by atoms with Gasteiger partial charge in [0.2, 0.25) is 11.8 Å². The van der Waals surface area contributed by atoms with E-state index in [0.717, 1.165) is 17.3 Å². The first-order chi connectivity index (χ1) is 12.1. The molecule has 0 bridgehead atoms. The molecule has 0 radical (unpaired) electrons. The Morgan fingerprint density at radius 2 is 1.76 bits per heavy atom. The zero-order valence-corrected chi connectivity index (χ0v) is 14.2. The van der Waals surface area contributed by atoms with Crippen LogP contribution < -0.4 is 0 Å². The average molecular weight is 355 g/mol. The highest BCUT2D eigenvalue weighted by Crippen LogP contribution is 2.33. The second-order valence-corrected chi connectivity index (χ2v) is 6.98. The lowest BCUT2D eigenvalue weighted by Crippen LogP contribution is -2.33. The highest BCUT2D eigenvalue weighted by molar-refractivity contribution is 8.00. The fourth-order valence-electron chi connectivity index (χ4n) is 2.76. The SMILES string of the molecule is O=C(O)c1ccccc1S[C@H]1CC(=O)N(CCc2ccccc2)C1=O. The van der Waals surface area contributed by atoms with Crippen molar-refractivity contribution in [3.8, 4) is 0 Å². The van der Waals surface area contributed by atoms with Crippen LogP contribution in [0.25, 0.3) is 0 Å². The van der Waals surface area contributed by atoms with Crippen molar-refractivity contribution < 1.29 is 19.5 Å². The van der Waals surface area contributed by atoms with E-state index in [9.17, 15) is 19.5 Å². The Hall–Kier alpha value is -2.60. The van der Waals surface area contributed by atoms with Gasteiger partial charge in [-0.15, -0.1) is 11.8 Å². The molecule has 1 fully saturated rings. The average Bonchev–Trinajstić information content (AvgIpc) is 2.88. The van der Waals surface area contributed by atoms with E-state index in [1.54, 1.807) is 18.2 Å². The lowest BCUT2D eigenvalue weighted by atomic mass is 10.1. The van der Waals surface area contributed by atoms with Crippen LogP contribution in [0, 0.1) is 0 Å². The molecule has 0 saturated carbocycles. The number of imide groups is 1. The number of carbonyl (C=O) groups excluding carboxylic acids is 2. The summed E-state index contributed by atoms with van der Waals surface area (Å²) in [5, 5.41) is 8.68. The summed E-state index contributed by atoms with van der Waals surface area (Å²) in [6, 6.07) is 16.2. The number of nitrogens with zero attached hydrogens (tertiary/aromatic N) is 1. The van der Waals surface area contributed by atoms with Crippen LogP contribution >= 0.6 is 11.8 Å². The van der Waals surface area contributed by atoms with Crippen molar-refractivity contribution >= 4 is 29.5 Å². The summed E-state index contributed by atoms with van der Waals surface area (Å²) >= 11 is 1.15. The van der Waals surface area contributed by atoms with Crippen molar-refractivity contribution in [3.05, 3.63) is 65.7 Å². The molecule has 6 heteroatoms. The maximum atomic E-state index is 12.6. The predicted octanol–water partition coefficient (Wildman–Crippen LogP) is 2.85. The molecule has 1 aliphatic heterocycles. The molecular weight excluding hydrogens is 338 g/mol. The number of hydrogen-bond acceptors (Lipinski definition) is 4. The smallest absolute Gasteiger partial charge is 0.336 e. The van der Waals surface area contributed by atoms with Crippen LogP contribution in [-0.4, -0.2) is 39.6 Å². The van der Waals surface area contributed by atoms with E-state index in [1.165, 1.54) is 11.0 Å². The lowest BCUT2D eigenvalue weighted by Gasteiger charge is -2.15. The summed E-state index contributed by atoms with van der Waals surface area (Å²) in [4.78, 5) is 37.8. The molecule has 128 valence electrons. The molecule has 1 heterocycles. The topological polar surface area (TPSA) is 74.7 Å². The van der Waals surface area contributed by atoms with Gasteiger partial charge in [-0.2, -0.15) is 0 Å². The number of hydrogen-bond donors (Lipinski definition) is 1.